The van der Waals surface area contributed by atoms with Crippen LogP contribution in [-0.4, -0.2) is 45.1 Å². The minimum absolute atomic E-state index is 0.0304. The van der Waals surface area contributed by atoms with E-state index in [4.69, 9.17) is 11.6 Å². The van der Waals surface area contributed by atoms with E-state index in [1.165, 1.54) is 0 Å². The Hall–Kier alpha value is -1.85. The number of aliphatic hydroxyl groups is 1. The number of benzene rings is 1. The highest BCUT2D eigenvalue weighted by Crippen LogP contribution is 2.26. The lowest BCUT2D eigenvalue weighted by Crippen LogP contribution is -2.45. The van der Waals surface area contributed by atoms with E-state index in [1.54, 1.807) is 0 Å². The standard InChI is InChI=1S/C19H24ClN3O2/c1-3-16-17(19(25)23-9-8-13(11-24)10-12(23)2)22-18(21-16)14-4-6-15(20)7-5-14/h4-7,12-13,24H,3,8-11H2,1-2H3,(H,21,22)/t12-,13-/m1/s1. The van der Waals surface area contributed by atoms with Crippen LogP contribution in [0.2, 0.25) is 5.02 Å². The van der Waals surface area contributed by atoms with E-state index in [-0.39, 0.29) is 24.5 Å². The van der Waals surface area contributed by atoms with Gasteiger partial charge in [-0.05, 0) is 56.4 Å². The highest BCUT2D eigenvalue weighted by atomic mass is 35.5. The first kappa shape index (κ1) is 18.0. The normalized spacial score (nSPS) is 20.7. The van der Waals surface area contributed by atoms with Crippen molar-refractivity contribution in [3.63, 3.8) is 0 Å². The number of aromatic nitrogens is 2. The summed E-state index contributed by atoms with van der Waals surface area (Å²) < 4.78 is 0. The van der Waals surface area contributed by atoms with E-state index in [0.717, 1.165) is 24.1 Å². The number of carbonyl (C=O) groups excluding carboxylic acids is 1. The Morgan fingerprint density at radius 3 is 2.72 bits per heavy atom. The maximum absolute atomic E-state index is 13.0. The van der Waals surface area contributed by atoms with Gasteiger partial charge in [-0.15, -0.1) is 0 Å². The van der Waals surface area contributed by atoms with E-state index in [0.29, 0.717) is 29.5 Å². The zero-order valence-corrected chi connectivity index (χ0v) is 15.4. The molecule has 0 bridgehead atoms. The lowest BCUT2D eigenvalue weighted by atomic mass is 9.92. The molecule has 0 spiro atoms. The van der Waals surface area contributed by atoms with Crippen LogP contribution in [0.1, 0.15) is 42.9 Å². The van der Waals surface area contributed by atoms with Gasteiger partial charge in [0.2, 0.25) is 0 Å². The van der Waals surface area contributed by atoms with Gasteiger partial charge in [0.15, 0.2) is 0 Å². The average molecular weight is 362 g/mol. The number of imidazole rings is 1. The van der Waals surface area contributed by atoms with Gasteiger partial charge in [-0.2, -0.15) is 0 Å². The van der Waals surface area contributed by atoms with E-state index in [1.807, 2.05) is 43.0 Å². The Kier molecular flexibility index (Phi) is 5.45. The molecule has 1 aromatic heterocycles. The fourth-order valence-electron chi connectivity index (χ4n) is 3.46. The fourth-order valence-corrected chi connectivity index (χ4v) is 3.59. The Labute approximate surface area is 153 Å². The van der Waals surface area contributed by atoms with Crippen molar-refractivity contribution in [1.29, 1.82) is 0 Å². The van der Waals surface area contributed by atoms with E-state index >= 15 is 0 Å². The van der Waals surface area contributed by atoms with Crippen molar-refractivity contribution >= 4 is 17.5 Å². The summed E-state index contributed by atoms with van der Waals surface area (Å²) in [6.07, 6.45) is 2.38. The molecule has 0 aliphatic carbocycles. The quantitative estimate of drug-likeness (QED) is 0.875. The predicted octanol–water partition coefficient (Wildman–Crippen LogP) is 3.53. The topological polar surface area (TPSA) is 69.2 Å². The number of aliphatic hydroxyl groups excluding tert-OH is 1. The smallest absolute Gasteiger partial charge is 0.274 e. The number of hydrogen-bond donors (Lipinski definition) is 2. The summed E-state index contributed by atoms with van der Waals surface area (Å²) in [5.41, 5.74) is 2.26. The number of nitrogens with zero attached hydrogens (tertiary/aromatic N) is 2. The summed E-state index contributed by atoms with van der Waals surface area (Å²) in [7, 11) is 0. The van der Waals surface area contributed by atoms with Gasteiger partial charge in [-0.3, -0.25) is 4.79 Å². The molecule has 25 heavy (non-hydrogen) atoms. The van der Waals surface area contributed by atoms with Gasteiger partial charge < -0.3 is 15.0 Å². The van der Waals surface area contributed by atoms with E-state index in [2.05, 4.69) is 9.97 Å². The molecule has 0 radical (unpaired) electrons. The number of nitrogens with one attached hydrogen (secondary N) is 1. The molecule has 0 saturated carbocycles. The lowest BCUT2D eigenvalue weighted by Gasteiger charge is -2.36. The first-order chi connectivity index (χ1) is 12.0. The van der Waals surface area contributed by atoms with Crippen LogP contribution in [0.15, 0.2) is 24.3 Å². The summed E-state index contributed by atoms with van der Waals surface area (Å²) in [4.78, 5) is 22.8. The third kappa shape index (κ3) is 3.72. The number of amides is 1. The Morgan fingerprint density at radius 2 is 2.12 bits per heavy atom. The van der Waals surface area contributed by atoms with E-state index < -0.39 is 0 Å². The molecule has 3 rings (SSSR count). The van der Waals surface area contributed by atoms with Gasteiger partial charge in [-0.1, -0.05) is 18.5 Å². The third-order valence-electron chi connectivity index (χ3n) is 4.96. The predicted molar refractivity (Wildman–Crippen MR) is 98.7 cm³/mol. The highest BCUT2D eigenvalue weighted by molar-refractivity contribution is 6.30. The van der Waals surface area contributed by atoms with Crippen molar-refractivity contribution in [2.24, 2.45) is 5.92 Å². The van der Waals surface area contributed by atoms with Crippen molar-refractivity contribution in [3.8, 4) is 11.4 Å². The van der Waals surface area contributed by atoms with Crippen molar-refractivity contribution in [2.45, 2.75) is 39.2 Å². The fraction of sp³-hybridized carbons (Fsp3) is 0.474. The average Bonchev–Trinajstić information content (AvgIpc) is 3.06. The number of rotatable bonds is 4. The maximum atomic E-state index is 13.0. The monoisotopic (exact) mass is 361 g/mol. The SMILES string of the molecule is CCc1[nH]c(-c2ccc(Cl)cc2)nc1C(=O)N1CC[C@@H](CO)C[C@H]1C. The zero-order valence-electron chi connectivity index (χ0n) is 14.6. The molecule has 2 heterocycles. The molecule has 1 amide bonds. The minimum Gasteiger partial charge on any atom is -0.396 e. The van der Waals surface area contributed by atoms with Gasteiger partial charge in [0.1, 0.15) is 11.5 Å². The second-order valence-electron chi connectivity index (χ2n) is 6.69. The molecule has 2 aromatic rings. The van der Waals surface area contributed by atoms with Gasteiger partial charge in [0, 0.05) is 35.5 Å². The Bertz CT molecular complexity index is 742. The third-order valence-corrected chi connectivity index (χ3v) is 5.21. The molecule has 6 heteroatoms. The molecule has 0 unspecified atom stereocenters. The number of likely N-dealkylation sites (tertiary alicyclic amines) is 1. The van der Waals surface area contributed by atoms with Crippen LogP contribution >= 0.6 is 11.6 Å². The van der Waals surface area contributed by atoms with Crippen LogP contribution in [0.3, 0.4) is 0 Å². The van der Waals surface area contributed by atoms with Crippen LogP contribution in [-0.2, 0) is 6.42 Å². The summed E-state index contributed by atoms with van der Waals surface area (Å²) in [5, 5.41) is 10.0. The second-order valence-corrected chi connectivity index (χ2v) is 7.13. The van der Waals surface area contributed by atoms with Gasteiger partial charge >= 0.3 is 0 Å². The summed E-state index contributed by atoms with van der Waals surface area (Å²) in [6, 6.07) is 7.52. The highest BCUT2D eigenvalue weighted by Gasteiger charge is 2.31. The lowest BCUT2D eigenvalue weighted by molar-refractivity contribution is 0.0509. The van der Waals surface area contributed by atoms with Crippen LogP contribution in [0, 0.1) is 5.92 Å². The van der Waals surface area contributed by atoms with E-state index in [9.17, 15) is 9.90 Å². The van der Waals surface area contributed by atoms with Crippen molar-refractivity contribution < 1.29 is 9.90 Å². The summed E-state index contributed by atoms with van der Waals surface area (Å²) in [6.45, 7) is 4.91. The number of carbonyl (C=O) groups is 1. The van der Waals surface area contributed by atoms with Crippen LogP contribution < -0.4 is 0 Å². The molecule has 2 N–H and O–H groups in total. The molecular formula is C19H24ClN3O2. The summed E-state index contributed by atoms with van der Waals surface area (Å²) >= 11 is 5.95. The van der Waals surface area contributed by atoms with Crippen molar-refractivity contribution in [2.75, 3.05) is 13.2 Å². The number of aromatic amines is 1. The molecule has 134 valence electrons. The van der Waals surface area contributed by atoms with Gasteiger partial charge in [0.05, 0.1) is 0 Å². The molecule has 1 aliphatic heterocycles. The molecule has 1 fully saturated rings. The molecule has 1 aliphatic rings. The van der Waals surface area contributed by atoms with Crippen molar-refractivity contribution in [1.82, 2.24) is 14.9 Å². The first-order valence-corrected chi connectivity index (χ1v) is 9.17. The molecule has 1 saturated heterocycles. The van der Waals surface area contributed by atoms with Gasteiger partial charge in [0.25, 0.3) is 5.91 Å². The molecular weight excluding hydrogens is 338 g/mol. The number of piperidine rings is 1. The van der Waals surface area contributed by atoms with Crippen molar-refractivity contribution in [3.05, 3.63) is 40.7 Å². The zero-order chi connectivity index (χ0) is 18.0. The number of hydrogen-bond acceptors (Lipinski definition) is 3. The number of halogens is 1. The Morgan fingerprint density at radius 1 is 1.40 bits per heavy atom. The summed E-state index contributed by atoms with van der Waals surface area (Å²) in [5.74, 6) is 0.945. The molecule has 2 atom stereocenters. The maximum Gasteiger partial charge on any atom is 0.274 e. The number of H-pyrrole nitrogens is 1. The van der Waals surface area contributed by atoms with Crippen LogP contribution in [0.4, 0.5) is 0 Å². The minimum atomic E-state index is -0.0304. The number of aryl methyl sites for hydroxylation is 1. The Balaban J connectivity index is 1.86. The molecule has 1 aromatic carbocycles. The molecule has 5 nitrogen and oxygen atoms in total. The largest absolute Gasteiger partial charge is 0.396 e. The van der Waals surface area contributed by atoms with Crippen LogP contribution in [0.25, 0.3) is 11.4 Å². The van der Waals surface area contributed by atoms with Gasteiger partial charge in [-0.25, -0.2) is 4.98 Å². The first-order valence-electron chi connectivity index (χ1n) is 8.80. The van der Waals surface area contributed by atoms with Crippen LogP contribution in [0.5, 0.6) is 0 Å². The second kappa shape index (κ2) is 7.58.